The van der Waals surface area contributed by atoms with Crippen LogP contribution in [0.2, 0.25) is 6.04 Å². The summed E-state index contributed by atoms with van der Waals surface area (Å²) in [5.41, 5.74) is 0. The third-order valence-corrected chi connectivity index (χ3v) is 4.15. The van der Waals surface area contributed by atoms with E-state index in [0.717, 1.165) is 19.0 Å². The van der Waals surface area contributed by atoms with Crippen molar-refractivity contribution in [3.05, 3.63) is 0 Å². The van der Waals surface area contributed by atoms with E-state index in [1.807, 2.05) is 6.92 Å². The zero-order valence-corrected chi connectivity index (χ0v) is 11.6. The third-order valence-electron chi connectivity index (χ3n) is 1.76. The number of thioether (sulfide) groups is 1. The van der Waals surface area contributed by atoms with E-state index in [4.69, 9.17) is 9.53 Å². The average Bonchev–Trinajstić information content (AvgIpc) is 2.20. The van der Waals surface area contributed by atoms with Gasteiger partial charge in [-0.25, -0.2) is 0 Å². The summed E-state index contributed by atoms with van der Waals surface area (Å²) in [4.78, 5) is 10.2. The van der Waals surface area contributed by atoms with Crippen LogP contribution in [0.5, 0.6) is 0 Å². The lowest BCUT2D eigenvalue weighted by Crippen LogP contribution is -2.15. The highest BCUT2D eigenvalue weighted by atomic mass is 32.2. The summed E-state index contributed by atoms with van der Waals surface area (Å²) < 4.78 is 5.35. The molecule has 0 saturated carbocycles. The van der Waals surface area contributed by atoms with Crippen LogP contribution in [0.4, 0.5) is 0 Å². The van der Waals surface area contributed by atoms with Crippen LogP contribution in [0.1, 0.15) is 19.8 Å². The largest absolute Gasteiger partial charge is 0.481 e. The van der Waals surface area contributed by atoms with Crippen molar-refractivity contribution in [3.63, 3.8) is 0 Å². The molecule has 0 amide bonds. The molecule has 0 aliphatic heterocycles. The smallest absolute Gasteiger partial charge is 0.304 e. The molecule has 90 valence electrons. The third kappa shape index (κ3) is 14.0. The van der Waals surface area contributed by atoms with Gasteiger partial charge in [0.05, 0.1) is 6.42 Å². The highest BCUT2D eigenvalue weighted by Gasteiger charge is 1.95. The Bertz CT molecular complexity index is 160. The fourth-order valence-electron chi connectivity index (χ4n) is 0.974. The van der Waals surface area contributed by atoms with Crippen LogP contribution in [-0.2, 0) is 9.22 Å². The van der Waals surface area contributed by atoms with Gasteiger partial charge in [-0.1, -0.05) is 0 Å². The first-order chi connectivity index (χ1) is 7.27. The maximum Gasteiger partial charge on any atom is 0.304 e. The van der Waals surface area contributed by atoms with Gasteiger partial charge in [0.1, 0.15) is 0 Å². The number of rotatable bonds is 11. The first-order valence-electron chi connectivity index (χ1n) is 5.35. The van der Waals surface area contributed by atoms with E-state index in [1.165, 1.54) is 12.5 Å². The molecule has 2 N–H and O–H groups in total. The van der Waals surface area contributed by atoms with Crippen molar-refractivity contribution in [3.8, 4) is 0 Å². The number of hydrogen-bond acceptors (Lipinski definition) is 4. The van der Waals surface area contributed by atoms with Crippen molar-refractivity contribution in [1.29, 1.82) is 0 Å². The van der Waals surface area contributed by atoms with Crippen LogP contribution in [-0.4, -0.2) is 45.6 Å². The highest BCUT2D eigenvalue weighted by Crippen LogP contribution is 1.99. The van der Waals surface area contributed by atoms with E-state index >= 15 is 0 Å². The number of aliphatic carboxylic acids is 1. The summed E-state index contributed by atoms with van der Waals surface area (Å²) in [6.45, 7) is 3.90. The van der Waals surface area contributed by atoms with Gasteiger partial charge in [0, 0.05) is 18.2 Å². The molecule has 0 fully saturated rings. The summed E-state index contributed by atoms with van der Waals surface area (Å²) >= 11 is 1.64. The van der Waals surface area contributed by atoms with Gasteiger partial charge in [0.15, 0.2) is 9.76 Å². The van der Waals surface area contributed by atoms with Crippen molar-refractivity contribution in [1.82, 2.24) is 5.32 Å². The van der Waals surface area contributed by atoms with Gasteiger partial charge in [-0.3, -0.25) is 4.79 Å². The zero-order chi connectivity index (χ0) is 11.4. The Kier molecular flexibility index (Phi) is 12.0. The molecule has 0 aliphatic carbocycles. The molecule has 0 spiro atoms. The summed E-state index contributed by atoms with van der Waals surface area (Å²) in [6, 6.07) is 1.22. The van der Waals surface area contributed by atoms with Crippen LogP contribution in [0, 0.1) is 0 Å². The normalized spacial score (nSPS) is 11.3. The molecule has 0 heterocycles. The van der Waals surface area contributed by atoms with Crippen LogP contribution in [0.15, 0.2) is 0 Å². The Morgan fingerprint density at radius 2 is 2.40 bits per heavy atom. The van der Waals surface area contributed by atoms with Gasteiger partial charge < -0.3 is 14.8 Å². The van der Waals surface area contributed by atoms with Gasteiger partial charge >= 0.3 is 5.97 Å². The minimum absolute atomic E-state index is 0.254. The zero-order valence-electron chi connectivity index (χ0n) is 9.33. The van der Waals surface area contributed by atoms with Crippen molar-refractivity contribution in [2.24, 2.45) is 0 Å². The molecule has 0 bridgehead atoms. The molecule has 0 rings (SSSR count). The maximum atomic E-state index is 10.2. The predicted molar refractivity (Wildman–Crippen MR) is 67.2 cm³/mol. The molecular weight excluding hydrogens is 230 g/mol. The van der Waals surface area contributed by atoms with Crippen LogP contribution in [0.25, 0.3) is 0 Å². The summed E-state index contributed by atoms with van der Waals surface area (Å²) in [6.07, 6.45) is 1.43. The van der Waals surface area contributed by atoms with E-state index in [0.29, 0.717) is 5.75 Å². The van der Waals surface area contributed by atoms with E-state index in [2.05, 4.69) is 5.32 Å². The van der Waals surface area contributed by atoms with Crippen LogP contribution in [0.3, 0.4) is 0 Å². The second kappa shape index (κ2) is 12.0. The molecule has 0 unspecified atom stereocenters. The van der Waals surface area contributed by atoms with Gasteiger partial charge in [-0.15, -0.1) is 11.8 Å². The lowest BCUT2D eigenvalue weighted by molar-refractivity contribution is -0.136. The SMILES string of the molecule is CCO[SiH2]CCCNCSCCC(=O)O. The number of nitrogens with one attached hydrogen (secondary N) is 1. The molecule has 0 atom stereocenters. The molecule has 0 aliphatic rings. The summed E-state index contributed by atoms with van der Waals surface area (Å²) in [5.74, 6) is 0.824. The van der Waals surface area contributed by atoms with E-state index in [-0.39, 0.29) is 16.2 Å². The molecule has 0 aromatic rings. The minimum atomic E-state index is -0.717. The Balaban J connectivity index is 2.89. The molecule has 0 aromatic carbocycles. The van der Waals surface area contributed by atoms with E-state index < -0.39 is 5.97 Å². The monoisotopic (exact) mass is 251 g/mol. The van der Waals surface area contributed by atoms with Gasteiger partial charge in [0.2, 0.25) is 0 Å². The maximum absolute atomic E-state index is 10.2. The molecule has 4 nitrogen and oxygen atoms in total. The lowest BCUT2D eigenvalue weighted by Gasteiger charge is -2.03. The molecule has 0 radical (unpaired) electrons. The number of carboxylic acid groups (broad SMARTS) is 1. The minimum Gasteiger partial charge on any atom is -0.481 e. The van der Waals surface area contributed by atoms with Crippen molar-refractivity contribution in [2.75, 3.05) is 24.8 Å². The van der Waals surface area contributed by atoms with Gasteiger partial charge in [-0.05, 0) is 25.9 Å². The summed E-state index contributed by atoms with van der Waals surface area (Å²) in [7, 11) is -0.268. The van der Waals surface area contributed by atoms with Crippen LogP contribution < -0.4 is 5.32 Å². The van der Waals surface area contributed by atoms with E-state index in [1.54, 1.807) is 11.8 Å². The Hall–Kier alpha value is -0.0431. The van der Waals surface area contributed by atoms with E-state index in [9.17, 15) is 4.79 Å². The number of hydrogen-bond donors (Lipinski definition) is 2. The van der Waals surface area contributed by atoms with Crippen molar-refractivity contribution in [2.45, 2.75) is 25.8 Å². The van der Waals surface area contributed by atoms with Crippen molar-refractivity contribution >= 4 is 27.5 Å². The second-order valence-corrected chi connectivity index (χ2v) is 5.73. The summed E-state index contributed by atoms with van der Waals surface area (Å²) in [5, 5.41) is 11.7. The van der Waals surface area contributed by atoms with Crippen LogP contribution >= 0.6 is 11.8 Å². The molecule has 6 heteroatoms. The fraction of sp³-hybridized carbons (Fsp3) is 0.889. The Labute approximate surface area is 98.1 Å². The lowest BCUT2D eigenvalue weighted by atomic mass is 10.5. The molecule has 0 aromatic heterocycles. The standard InChI is InChI=1S/C9H21NO3SSi/c1-2-13-15-7-3-5-10-8-14-6-4-9(11)12/h10H,2-8,15H2,1H3,(H,11,12). The first-order valence-corrected chi connectivity index (χ1v) is 8.08. The average molecular weight is 251 g/mol. The molecule has 15 heavy (non-hydrogen) atoms. The second-order valence-electron chi connectivity index (χ2n) is 3.10. The van der Waals surface area contributed by atoms with Gasteiger partial charge in [-0.2, -0.15) is 0 Å². The first kappa shape index (κ1) is 15.0. The quantitative estimate of drug-likeness (QED) is 0.321. The Morgan fingerprint density at radius 1 is 1.60 bits per heavy atom. The number of carboxylic acids is 1. The Morgan fingerprint density at radius 3 is 3.07 bits per heavy atom. The predicted octanol–water partition coefficient (Wildman–Crippen LogP) is 0.670. The fourth-order valence-corrected chi connectivity index (χ4v) is 2.67. The topological polar surface area (TPSA) is 58.6 Å². The molecular formula is C9H21NO3SSi. The highest BCUT2D eigenvalue weighted by molar-refractivity contribution is 7.99. The number of carbonyl (C=O) groups is 1. The molecule has 0 saturated heterocycles. The van der Waals surface area contributed by atoms with Gasteiger partial charge in [0.25, 0.3) is 0 Å². The van der Waals surface area contributed by atoms with Crippen molar-refractivity contribution < 1.29 is 14.3 Å².